The highest BCUT2D eigenvalue weighted by Crippen LogP contribution is 2.17. The minimum atomic E-state index is 0.806. The van der Waals surface area contributed by atoms with Crippen LogP contribution < -0.4 is 5.73 Å². The Balaban J connectivity index is 2.24. The van der Waals surface area contributed by atoms with Gasteiger partial charge in [-0.3, -0.25) is 0 Å². The largest absolute Gasteiger partial charge is 0.330 e. The Hall–Kier alpha value is -0.570. The molecule has 0 bridgehead atoms. The molecule has 1 rings (SSSR count). The average molecular weight is 297 g/mol. The van der Waals surface area contributed by atoms with Crippen LogP contribution in [0.1, 0.15) is 44.6 Å². The van der Waals surface area contributed by atoms with E-state index in [-0.39, 0.29) is 0 Å². The Morgan fingerprint density at radius 3 is 2.45 bits per heavy atom. The van der Waals surface area contributed by atoms with E-state index in [1.807, 2.05) is 12.1 Å². The van der Waals surface area contributed by atoms with Crippen molar-refractivity contribution in [2.45, 2.75) is 45.6 Å². The van der Waals surface area contributed by atoms with Crippen molar-refractivity contribution in [3.63, 3.8) is 0 Å². The number of hydrogen-bond acceptors (Lipinski definition) is 2. The third-order valence-electron chi connectivity index (χ3n) is 3.79. The first-order chi connectivity index (χ1) is 9.65. The number of nitrogens with two attached hydrogens (primary N) is 1. The Bertz CT molecular complexity index is 345. The monoisotopic (exact) mass is 296 g/mol. The molecule has 0 aliphatic heterocycles. The molecule has 0 heterocycles. The zero-order valence-corrected chi connectivity index (χ0v) is 13.7. The lowest BCUT2D eigenvalue weighted by Crippen LogP contribution is -2.20. The minimum Gasteiger partial charge on any atom is -0.330 e. The number of benzene rings is 1. The van der Waals surface area contributed by atoms with Gasteiger partial charge in [-0.1, -0.05) is 43.5 Å². The lowest BCUT2D eigenvalue weighted by molar-refractivity contribution is 0.298. The molecule has 2 N–H and O–H groups in total. The molecule has 0 aromatic heterocycles. The fourth-order valence-corrected chi connectivity index (χ4v) is 2.83. The van der Waals surface area contributed by atoms with E-state index in [9.17, 15) is 0 Å². The SMILES string of the molecule is CCCC(CCN)CCCN(C)Cc1ccc(Cl)cc1. The summed E-state index contributed by atoms with van der Waals surface area (Å²) in [5, 5.41) is 0.806. The van der Waals surface area contributed by atoms with Gasteiger partial charge >= 0.3 is 0 Å². The van der Waals surface area contributed by atoms with Crippen LogP contribution in [0.15, 0.2) is 24.3 Å². The minimum absolute atomic E-state index is 0.806. The molecule has 2 nitrogen and oxygen atoms in total. The fourth-order valence-electron chi connectivity index (χ4n) is 2.71. The highest BCUT2D eigenvalue weighted by Gasteiger charge is 2.07. The van der Waals surface area contributed by atoms with Crippen LogP contribution in [0.4, 0.5) is 0 Å². The van der Waals surface area contributed by atoms with E-state index in [1.165, 1.54) is 37.7 Å². The molecule has 0 aliphatic carbocycles. The zero-order valence-electron chi connectivity index (χ0n) is 12.9. The standard InChI is InChI=1S/C17H29ClN2/c1-3-5-15(11-12-19)6-4-13-20(2)14-16-7-9-17(18)10-8-16/h7-10,15H,3-6,11-14,19H2,1-2H3. The summed E-state index contributed by atoms with van der Waals surface area (Å²) in [5.74, 6) is 0.814. The van der Waals surface area contributed by atoms with Crippen molar-refractivity contribution in [1.29, 1.82) is 0 Å². The molecular formula is C17H29ClN2. The zero-order chi connectivity index (χ0) is 14.8. The van der Waals surface area contributed by atoms with Crippen LogP contribution in [0.3, 0.4) is 0 Å². The number of rotatable bonds is 10. The van der Waals surface area contributed by atoms with Gasteiger partial charge in [0.15, 0.2) is 0 Å². The molecule has 0 saturated heterocycles. The summed E-state index contributed by atoms with van der Waals surface area (Å²) in [5.41, 5.74) is 7.01. The Kier molecular flexibility index (Phi) is 8.92. The highest BCUT2D eigenvalue weighted by molar-refractivity contribution is 6.30. The maximum absolute atomic E-state index is 5.90. The predicted octanol–water partition coefficient (Wildman–Crippen LogP) is 4.32. The first-order valence-electron chi connectivity index (χ1n) is 7.78. The van der Waals surface area contributed by atoms with E-state index in [4.69, 9.17) is 17.3 Å². The van der Waals surface area contributed by atoms with E-state index in [0.29, 0.717) is 0 Å². The first kappa shape index (κ1) is 17.5. The third-order valence-corrected chi connectivity index (χ3v) is 4.04. The summed E-state index contributed by atoms with van der Waals surface area (Å²) in [7, 11) is 2.19. The van der Waals surface area contributed by atoms with Crippen molar-refractivity contribution in [1.82, 2.24) is 4.90 Å². The maximum Gasteiger partial charge on any atom is 0.0406 e. The predicted molar refractivity (Wildman–Crippen MR) is 89.1 cm³/mol. The molecule has 0 aliphatic rings. The van der Waals surface area contributed by atoms with Crippen LogP contribution in [0.2, 0.25) is 5.02 Å². The van der Waals surface area contributed by atoms with Gasteiger partial charge in [-0.15, -0.1) is 0 Å². The second kappa shape index (κ2) is 10.2. The molecule has 0 amide bonds. The van der Waals surface area contributed by atoms with Crippen LogP contribution in [0, 0.1) is 5.92 Å². The molecule has 20 heavy (non-hydrogen) atoms. The van der Waals surface area contributed by atoms with Crippen molar-refractivity contribution < 1.29 is 0 Å². The molecule has 1 atom stereocenters. The van der Waals surface area contributed by atoms with E-state index in [0.717, 1.165) is 30.6 Å². The topological polar surface area (TPSA) is 29.3 Å². The molecular weight excluding hydrogens is 268 g/mol. The van der Waals surface area contributed by atoms with E-state index < -0.39 is 0 Å². The quantitative estimate of drug-likeness (QED) is 0.697. The average Bonchev–Trinajstić information content (AvgIpc) is 2.42. The van der Waals surface area contributed by atoms with Crippen molar-refractivity contribution >= 4 is 11.6 Å². The van der Waals surface area contributed by atoms with Gasteiger partial charge in [0.2, 0.25) is 0 Å². The molecule has 1 aromatic carbocycles. The van der Waals surface area contributed by atoms with Crippen LogP contribution in [0.25, 0.3) is 0 Å². The summed E-state index contributed by atoms with van der Waals surface area (Å²) in [6, 6.07) is 8.13. The molecule has 0 fully saturated rings. The normalized spacial score (nSPS) is 12.8. The van der Waals surface area contributed by atoms with Gasteiger partial charge in [0.25, 0.3) is 0 Å². The Morgan fingerprint density at radius 1 is 1.15 bits per heavy atom. The maximum atomic E-state index is 5.90. The highest BCUT2D eigenvalue weighted by atomic mass is 35.5. The van der Waals surface area contributed by atoms with Gasteiger partial charge in [-0.25, -0.2) is 0 Å². The van der Waals surface area contributed by atoms with Gasteiger partial charge in [0, 0.05) is 11.6 Å². The lowest BCUT2D eigenvalue weighted by atomic mass is 9.94. The lowest BCUT2D eigenvalue weighted by Gasteiger charge is -2.19. The Labute approximate surface area is 129 Å². The van der Waals surface area contributed by atoms with Crippen molar-refractivity contribution in [2.24, 2.45) is 11.7 Å². The Morgan fingerprint density at radius 2 is 1.85 bits per heavy atom. The molecule has 0 radical (unpaired) electrons. The number of halogens is 1. The molecule has 114 valence electrons. The third kappa shape index (κ3) is 7.28. The van der Waals surface area contributed by atoms with Gasteiger partial charge in [0.05, 0.1) is 0 Å². The van der Waals surface area contributed by atoms with E-state index >= 15 is 0 Å². The first-order valence-corrected chi connectivity index (χ1v) is 8.16. The van der Waals surface area contributed by atoms with Gasteiger partial charge < -0.3 is 10.6 Å². The van der Waals surface area contributed by atoms with Crippen LogP contribution >= 0.6 is 11.6 Å². The van der Waals surface area contributed by atoms with E-state index in [1.54, 1.807) is 0 Å². The summed E-state index contributed by atoms with van der Waals surface area (Å²) in [6.45, 7) is 5.22. The van der Waals surface area contributed by atoms with Gasteiger partial charge in [-0.05, 0) is 63.0 Å². The van der Waals surface area contributed by atoms with Gasteiger partial charge in [0.1, 0.15) is 0 Å². The summed E-state index contributed by atoms with van der Waals surface area (Å²) in [6.07, 6.45) is 6.32. The van der Waals surface area contributed by atoms with Crippen molar-refractivity contribution in [3.8, 4) is 0 Å². The molecule has 0 spiro atoms. The number of nitrogens with zero attached hydrogens (tertiary/aromatic N) is 1. The van der Waals surface area contributed by atoms with Crippen LogP contribution in [-0.4, -0.2) is 25.0 Å². The molecule has 0 saturated carbocycles. The summed E-state index contributed by atoms with van der Waals surface area (Å²) < 4.78 is 0. The molecule has 1 unspecified atom stereocenters. The fraction of sp³-hybridized carbons (Fsp3) is 0.647. The van der Waals surface area contributed by atoms with Crippen molar-refractivity contribution in [3.05, 3.63) is 34.9 Å². The van der Waals surface area contributed by atoms with Crippen molar-refractivity contribution in [2.75, 3.05) is 20.1 Å². The summed E-state index contributed by atoms with van der Waals surface area (Å²) >= 11 is 5.90. The molecule has 1 aromatic rings. The second-order valence-corrected chi connectivity index (χ2v) is 6.17. The van der Waals surface area contributed by atoms with Crippen LogP contribution in [0.5, 0.6) is 0 Å². The molecule has 3 heteroatoms. The smallest absolute Gasteiger partial charge is 0.0406 e. The number of hydrogen-bond donors (Lipinski definition) is 1. The second-order valence-electron chi connectivity index (χ2n) is 5.74. The summed E-state index contributed by atoms with van der Waals surface area (Å²) in [4.78, 5) is 2.38. The van der Waals surface area contributed by atoms with Crippen LogP contribution in [-0.2, 0) is 6.54 Å². The van der Waals surface area contributed by atoms with Gasteiger partial charge in [-0.2, -0.15) is 0 Å². The van der Waals surface area contributed by atoms with E-state index in [2.05, 4.69) is 31.0 Å².